The number of fused-ring (bicyclic) bond motifs is 1. The number of rotatable bonds is 4. The van der Waals surface area contributed by atoms with Gasteiger partial charge >= 0.3 is 7.60 Å². The van der Waals surface area contributed by atoms with Crippen LogP contribution in [0, 0.1) is 0 Å². The third kappa shape index (κ3) is 3.67. The monoisotopic (exact) mass is 310 g/mol. The molecule has 0 amide bonds. The van der Waals surface area contributed by atoms with Gasteiger partial charge in [0.25, 0.3) is 0 Å². The Hall–Kier alpha value is -1.29. The SMILES string of the molecule is CCC(C)OP(=O)(O)C(C)=C1NCCNc2ccccc21. The van der Waals surface area contributed by atoms with E-state index in [1.165, 1.54) is 0 Å². The van der Waals surface area contributed by atoms with Crippen molar-refractivity contribution >= 4 is 19.0 Å². The Bertz CT molecular complexity index is 586. The summed E-state index contributed by atoms with van der Waals surface area (Å²) < 4.78 is 17.9. The predicted molar refractivity (Wildman–Crippen MR) is 86.2 cm³/mol. The Kier molecular flexibility index (Phi) is 5.09. The van der Waals surface area contributed by atoms with Gasteiger partial charge in [0.05, 0.1) is 17.1 Å². The molecule has 0 aromatic heterocycles. The third-order valence-electron chi connectivity index (χ3n) is 3.62. The van der Waals surface area contributed by atoms with Crippen LogP contribution in [0.25, 0.3) is 5.70 Å². The normalized spacial score (nSPS) is 21.1. The average Bonchev–Trinajstić information content (AvgIpc) is 2.68. The second-order valence-corrected chi connectivity index (χ2v) is 7.13. The molecule has 1 aromatic rings. The van der Waals surface area contributed by atoms with E-state index in [1.54, 1.807) is 13.8 Å². The zero-order valence-electron chi connectivity index (χ0n) is 12.7. The van der Waals surface area contributed by atoms with Crippen LogP contribution in [-0.2, 0) is 9.09 Å². The van der Waals surface area contributed by atoms with Crippen LogP contribution in [-0.4, -0.2) is 24.1 Å². The van der Waals surface area contributed by atoms with Crippen LogP contribution >= 0.6 is 7.60 Å². The molecule has 0 fully saturated rings. The first-order chi connectivity index (χ1) is 9.95. The summed E-state index contributed by atoms with van der Waals surface area (Å²) in [6.45, 7) is 6.83. The molecule has 0 bridgehead atoms. The molecular formula is C15H23N2O3P. The Morgan fingerprint density at radius 3 is 2.76 bits per heavy atom. The molecule has 3 N–H and O–H groups in total. The van der Waals surface area contributed by atoms with Crippen LogP contribution in [0.3, 0.4) is 0 Å². The van der Waals surface area contributed by atoms with E-state index in [0.717, 1.165) is 17.8 Å². The zero-order valence-corrected chi connectivity index (χ0v) is 13.6. The van der Waals surface area contributed by atoms with Gasteiger partial charge in [-0.25, -0.2) is 0 Å². The molecule has 5 nitrogen and oxygen atoms in total. The van der Waals surface area contributed by atoms with E-state index >= 15 is 0 Å². The highest BCUT2D eigenvalue weighted by Crippen LogP contribution is 2.54. The topological polar surface area (TPSA) is 70.6 Å². The number of para-hydroxylation sites is 1. The number of allylic oxidation sites excluding steroid dienone is 1. The Morgan fingerprint density at radius 2 is 2.05 bits per heavy atom. The smallest absolute Gasteiger partial charge is 0.356 e. The fourth-order valence-electron chi connectivity index (χ4n) is 2.20. The average molecular weight is 310 g/mol. The maximum Gasteiger partial charge on any atom is 0.356 e. The molecule has 2 atom stereocenters. The first-order valence-corrected chi connectivity index (χ1v) is 8.83. The van der Waals surface area contributed by atoms with E-state index in [2.05, 4.69) is 10.6 Å². The Labute approximate surface area is 125 Å². The van der Waals surface area contributed by atoms with Gasteiger partial charge in [0, 0.05) is 24.3 Å². The summed E-state index contributed by atoms with van der Waals surface area (Å²) in [6, 6.07) is 7.76. The lowest BCUT2D eigenvalue weighted by atomic mass is 10.1. The van der Waals surface area contributed by atoms with Crippen LogP contribution in [0.15, 0.2) is 29.6 Å². The van der Waals surface area contributed by atoms with Gasteiger partial charge < -0.3 is 20.1 Å². The summed E-state index contributed by atoms with van der Waals surface area (Å²) in [5.41, 5.74) is 2.54. The molecule has 0 aliphatic carbocycles. The summed E-state index contributed by atoms with van der Waals surface area (Å²) >= 11 is 0. The molecule has 0 spiro atoms. The molecule has 1 aliphatic rings. The molecule has 116 valence electrons. The van der Waals surface area contributed by atoms with Gasteiger partial charge in [-0.1, -0.05) is 25.1 Å². The van der Waals surface area contributed by atoms with E-state index in [1.807, 2.05) is 31.2 Å². The van der Waals surface area contributed by atoms with E-state index < -0.39 is 7.60 Å². The van der Waals surface area contributed by atoms with Crippen molar-refractivity contribution < 1.29 is 14.0 Å². The van der Waals surface area contributed by atoms with E-state index in [9.17, 15) is 9.46 Å². The molecule has 2 unspecified atom stereocenters. The van der Waals surface area contributed by atoms with Gasteiger partial charge in [-0.15, -0.1) is 0 Å². The minimum atomic E-state index is -3.81. The van der Waals surface area contributed by atoms with Crippen molar-refractivity contribution in [1.29, 1.82) is 0 Å². The number of hydrogen-bond donors (Lipinski definition) is 3. The quantitative estimate of drug-likeness (QED) is 0.744. The Morgan fingerprint density at radius 1 is 1.38 bits per heavy atom. The highest BCUT2D eigenvalue weighted by molar-refractivity contribution is 7.57. The molecule has 0 radical (unpaired) electrons. The lowest BCUT2D eigenvalue weighted by Gasteiger charge is -2.21. The van der Waals surface area contributed by atoms with Gasteiger partial charge in [-0.05, 0) is 26.3 Å². The lowest BCUT2D eigenvalue weighted by Crippen LogP contribution is -2.18. The highest BCUT2D eigenvalue weighted by atomic mass is 31.2. The minimum absolute atomic E-state index is 0.254. The van der Waals surface area contributed by atoms with Crippen molar-refractivity contribution in [3.63, 3.8) is 0 Å². The fourth-order valence-corrected chi connectivity index (χ4v) is 3.47. The third-order valence-corrected chi connectivity index (χ3v) is 5.34. The van der Waals surface area contributed by atoms with Crippen molar-refractivity contribution in [2.24, 2.45) is 0 Å². The molecule has 1 heterocycles. The van der Waals surface area contributed by atoms with Crippen LogP contribution in [0.4, 0.5) is 5.69 Å². The first-order valence-electron chi connectivity index (χ1n) is 7.25. The van der Waals surface area contributed by atoms with Gasteiger partial charge in [-0.2, -0.15) is 0 Å². The summed E-state index contributed by atoms with van der Waals surface area (Å²) in [5.74, 6) is 0. The standard InChI is InChI=1S/C15H23N2O3P/c1-4-11(2)20-21(18,19)12(3)15-13-7-5-6-8-14(13)16-9-10-17-15/h5-8,11,16-17H,4,9-10H2,1-3H3,(H,18,19). The van der Waals surface area contributed by atoms with Crippen LogP contribution in [0.1, 0.15) is 32.8 Å². The highest BCUT2D eigenvalue weighted by Gasteiger charge is 2.29. The summed E-state index contributed by atoms with van der Waals surface area (Å²) in [4.78, 5) is 10.3. The number of nitrogens with one attached hydrogen (secondary N) is 2. The predicted octanol–water partition coefficient (Wildman–Crippen LogP) is 3.39. The van der Waals surface area contributed by atoms with Crippen molar-refractivity contribution in [1.82, 2.24) is 5.32 Å². The van der Waals surface area contributed by atoms with Crippen LogP contribution in [0.5, 0.6) is 0 Å². The molecule has 6 heteroatoms. The molecule has 1 aromatic carbocycles. The van der Waals surface area contributed by atoms with Crippen LogP contribution < -0.4 is 10.6 Å². The summed E-state index contributed by atoms with van der Waals surface area (Å²) in [6.07, 6.45) is 0.439. The summed E-state index contributed by atoms with van der Waals surface area (Å²) in [5, 5.41) is 6.90. The molecule has 0 saturated heterocycles. The first kappa shape index (κ1) is 16.1. The molecule has 0 saturated carbocycles. The van der Waals surface area contributed by atoms with E-state index in [4.69, 9.17) is 4.52 Å². The second kappa shape index (κ2) is 6.65. The van der Waals surface area contributed by atoms with E-state index in [-0.39, 0.29) is 6.10 Å². The van der Waals surface area contributed by atoms with Gasteiger partial charge in [0.1, 0.15) is 0 Å². The largest absolute Gasteiger partial charge is 0.383 e. The molecular weight excluding hydrogens is 287 g/mol. The van der Waals surface area contributed by atoms with Gasteiger partial charge in [0.2, 0.25) is 0 Å². The fraction of sp³-hybridized carbons (Fsp3) is 0.467. The van der Waals surface area contributed by atoms with Crippen LogP contribution in [0.2, 0.25) is 0 Å². The van der Waals surface area contributed by atoms with Crippen molar-refractivity contribution in [2.75, 3.05) is 18.4 Å². The maximum atomic E-state index is 12.5. The molecule has 2 rings (SSSR count). The minimum Gasteiger partial charge on any atom is -0.383 e. The number of hydrogen-bond acceptors (Lipinski definition) is 4. The van der Waals surface area contributed by atoms with Crippen molar-refractivity contribution in [2.45, 2.75) is 33.3 Å². The molecule has 1 aliphatic heterocycles. The second-order valence-electron chi connectivity index (χ2n) is 5.20. The van der Waals surface area contributed by atoms with Crippen molar-refractivity contribution in [3.05, 3.63) is 35.1 Å². The maximum absolute atomic E-state index is 12.5. The Balaban J connectivity index is 2.44. The molecule has 21 heavy (non-hydrogen) atoms. The number of benzene rings is 1. The number of anilines is 1. The summed E-state index contributed by atoms with van der Waals surface area (Å²) in [7, 11) is -3.81. The van der Waals surface area contributed by atoms with Gasteiger partial charge in [0.15, 0.2) is 0 Å². The van der Waals surface area contributed by atoms with Crippen molar-refractivity contribution in [3.8, 4) is 0 Å². The van der Waals surface area contributed by atoms with Gasteiger partial charge in [-0.3, -0.25) is 4.57 Å². The van der Waals surface area contributed by atoms with E-state index in [0.29, 0.717) is 24.0 Å². The lowest BCUT2D eigenvalue weighted by molar-refractivity contribution is 0.190. The zero-order chi connectivity index (χ0) is 15.5.